The number of nitrogens with zero attached hydrogens (tertiary/aromatic N) is 1. The van der Waals surface area contributed by atoms with Crippen LogP contribution in [0.2, 0.25) is 0 Å². The maximum Gasteiger partial charge on any atom is 0.505 e. The zero-order valence-electron chi connectivity index (χ0n) is 17.0. The van der Waals surface area contributed by atoms with E-state index in [9.17, 15) is 40.3 Å². The molecule has 32 heavy (non-hydrogen) atoms. The summed E-state index contributed by atoms with van der Waals surface area (Å²) in [5.41, 5.74) is 0. The fraction of sp³-hybridized carbons (Fsp3) is 0.941. The third-order valence-electron chi connectivity index (χ3n) is 5.07. The molecule has 2 fully saturated rings. The van der Waals surface area contributed by atoms with E-state index in [4.69, 9.17) is 24.1 Å². The Hall–Kier alpha value is -1.53. The minimum absolute atomic E-state index is 0.0292. The summed E-state index contributed by atoms with van der Waals surface area (Å²) in [6.45, 7) is -2.00. The van der Waals surface area contributed by atoms with E-state index in [0.29, 0.717) is 0 Å². The topological polar surface area (TPSA) is 234 Å². The monoisotopic (exact) mass is 471 g/mol. The first-order valence-corrected chi connectivity index (χ1v) is 9.88. The Kier molecular flexibility index (Phi) is 10.6. The van der Waals surface area contributed by atoms with Crippen molar-refractivity contribution in [1.29, 1.82) is 0 Å². The summed E-state index contributed by atoms with van der Waals surface area (Å²) >= 11 is 0. The first-order chi connectivity index (χ1) is 15.2. The number of aliphatic hydroxyl groups is 6. The van der Waals surface area contributed by atoms with E-state index in [0.717, 1.165) is 0 Å². The van der Waals surface area contributed by atoms with Crippen LogP contribution in [0.15, 0.2) is 5.18 Å². The van der Waals surface area contributed by atoms with Crippen molar-refractivity contribution in [3.05, 3.63) is 4.91 Å². The lowest BCUT2D eigenvalue weighted by atomic mass is 9.99. The van der Waals surface area contributed by atoms with Crippen molar-refractivity contribution in [3.8, 4) is 0 Å². The van der Waals surface area contributed by atoms with Gasteiger partial charge in [0.15, 0.2) is 12.6 Å². The second-order valence-corrected chi connectivity index (χ2v) is 7.54. The molecule has 2 aliphatic heterocycles. The second kappa shape index (κ2) is 12.6. The Bertz CT molecular complexity index is 594. The molecule has 2 rings (SSSR count). The molecular formula is C17H29NO14. The van der Waals surface area contributed by atoms with Gasteiger partial charge in [-0.25, -0.2) is 4.79 Å². The molecule has 2 aliphatic rings. The van der Waals surface area contributed by atoms with Crippen LogP contribution in [-0.2, 0) is 23.7 Å². The maximum absolute atomic E-state index is 10.7. The second-order valence-electron chi connectivity index (χ2n) is 7.54. The van der Waals surface area contributed by atoms with Crippen LogP contribution in [0.4, 0.5) is 4.79 Å². The van der Waals surface area contributed by atoms with Crippen LogP contribution in [0.1, 0.15) is 6.42 Å². The van der Waals surface area contributed by atoms with Crippen LogP contribution in [0.5, 0.6) is 0 Å². The molecule has 2 heterocycles. The van der Waals surface area contributed by atoms with Gasteiger partial charge in [0, 0.05) is 12.3 Å². The summed E-state index contributed by atoms with van der Waals surface area (Å²) in [6, 6.07) is 0. The molecule has 0 aromatic heterocycles. The van der Waals surface area contributed by atoms with Gasteiger partial charge in [-0.15, -0.1) is 0 Å². The number of carboxylic acid groups (broad SMARTS) is 1. The van der Waals surface area contributed by atoms with E-state index in [1.54, 1.807) is 0 Å². The number of carbonyl (C=O) groups is 1. The molecule has 0 radical (unpaired) electrons. The molecule has 0 bridgehead atoms. The number of hydrogen-bond acceptors (Lipinski definition) is 14. The van der Waals surface area contributed by atoms with Crippen molar-refractivity contribution in [2.24, 2.45) is 11.1 Å². The molecule has 0 saturated carbocycles. The maximum atomic E-state index is 10.7. The van der Waals surface area contributed by atoms with Gasteiger partial charge in [-0.2, -0.15) is 4.91 Å². The Labute approximate surface area is 182 Å². The summed E-state index contributed by atoms with van der Waals surface area (Å²) in [6.07, 6.45) is -14.0. The minimum atomic E-state index is -1.66. The van der Waals surface area contributed by atoms with Gasteiger partial charge in [0.2, 0.25) is 0 Å². The smallest absolute Gasteiger partial charge is 0.450 e. The highest BCUT2D eigenvalue weighted by Crippen LogP contribution is 2.24. The largest absolute Gasteiger partial charge is 0.505 e. The lowest BCUT2D eigenvalue weighted by Crippen LogP contribution is -2.59. The van der Waals surface area contributed by atoms with Crippen LogP contribution in [-0.4, -0.2) is 130 Å². The van der Waals surface area contributed by atoms with Crippen molar-refractivity contribution in [1.82, 2.24) is 0 Å². The van der Waals surface area contributed by atoms with E-state index in [1.807, 2.05) is 0 Å². The van der Waals surface area contributed by atoms with Gasteiger partial charge in [0.25, 0.3) is 0 Å². The Morgan fingerprint density at radius 3 is 2.12 bits per heavy atom. The van der Waals surface area contributed by atoms with E-state index in [-0.39, 0.29) is 26.2 Å². The van der Waals surface area contributed by atoms with Crippen molar-refractivity contribution < 1.29 is 64.2 Å². The van der Waals surface area contributed by atoms with Crippen LogP contribution in [0.25, 0.3) is 0 Å². The van der Waals surface area contributed by atoms with E-state index < -0.39 is 80.6 Å². The highest BCUT2D eigenvalue weighted by Gasteiger charge is 2.44. The predicted molar refractivity (Wildman–Crippen MR) is 99.1 cm³/mol. The zero-order chi connectivity index (χ0) is 23.8. The Balaban J connectivity index is 1.95. The SMILES string of the molecule is O=NCC1CC(O)C(O)C(OCC(COC(=O)O)COC2OC(CO)C(O)C(O)C2O)O1. The molecule has 2 saturated heterocycles. The summed E-state index contributed by atoms with van der Waals surface area (Å²) in [7, 11) is 0. The van der Waals surface area contributed by atoms with E-state index in [2.05, 4.69) is 9.91 Å². The number of aliphatic hydroxyl groups excluding tert-OH is 6. The standard InChI is InChI=1S/C17H29NO14/c19-3-10-12(22)13(23)14(24)16(32-10)29-5-7(6-30-17(25)26)4-28-15-11(21)9(20)1-8(31-15)2-18-27/h7-16,19-24H,1-6H2,(H,25,26). The summed E-state index contributed by atoms with van der Waals surface area (Å²) in [4.78, 5) is 21.2. The molecule has 15 nitrogen and oxygen atoms in total. The average molecular weight is 471 g/mol. The van der Waals surface area contributed by atoms with Gasteiger partial charge < -0.3 is 59.4 Å². The van der Waals surface area contributed by atoms with Crippen LogP contribution in [0, 0.1) is 10.8 Å². The summed E-state index contributed by atoms with van der Waals surface area (Å²) < 4.78 is 25.9. The molecule has 0 aliphatic carbocycles. The van der Waals surface area contributed by atoms with Gasteiger partial charge in [-0.3, -0.25) is 0 Å². The molecule has 0 spiro atoms. The van der Waals surface area contributed by atoms with Crippen molar-refractivity contribution in [2.75, 3.05) is 33.0 Å². The molecule has 15 heteroatoms. The molecule has 10 unspecified atom stereocenters. The number of hydrogen-bond donors (Lipinski definition) is 7. The Morgan fingerprint density at radius 2 is 1.56 bits per heavy atom. The fourth-order valence-corrected chi connectivity index (χ4v) is 3.25. The summed E-state index contributed by atoms with van der Waals surface area (Å²) in [5.74, 6) is -0.823. The number of nitroso groups, excluding NO2 is 1. The molecular weight excluding hydrogens is 442 g/mol. The number of ether oxygens (including phenoxy) is 5. The van der Waals surface area contributed by atoms with Gasteiger partial charge in [-0.1, -0.05) is 5.18 Å². The van der Waals surface area contributed by atoms with Gasteiger partial charge in [0.05, 0.1) is 32.0 Å². The molecule has 7 N–H and O–H groups in total. The molecule has 0 aromatic rings. The zero-order valence-corrected chi connectivity index (χ0v) is 17.0. The highest BCUT2D eigenvalue weighted by atomic mass is 16.7. The van der Waals surface area contributed by atoms with Crippen LogP contribution >= 0.6 is 0 Å². The van der Waals surface area contributed by atoms with Gasteiger partial charge in [-0.05, 0) is 0 Å². The molecule has 0 amide bonds. The molecule has 0 aromatic carbocycles. The molecule has 10 atom stereocenters. The number of rotatable bonds is 11. The minimum Gasteiger partial charge on any atom is -0.450 e. The van der Waals surface area contributed by atoms with Crippen molar-refractivity contribution >= 4 is 6.16 Å². The average Bonchev–Trinajstić information content (AvgIpc) is 2.75. The third-order valence-corrected chi connectivity index (χ3v) is 5.07. The predicted octanol–water partition coefficient (Wildman–Crippen LogP) is -3.27. The highest BCUT2D eigenvalue weighted by molar-refractivity contribution is 5.56. The lowest BCUT2D eigenvalue weighted by Gasteiger charge is -2.40. The van der Waals surface area contributed by atoms with Crippen LogP contribution in [0.3, 0.4) is 0 Å². The van der Waals surface area contributed by atoms with Crippen molar-refractivity contribution in [3.63, 3.8) is 0 Å². The fourth-order valence-electron chi connectivity index (χ4n) is 3.25. The third kappa shape index (κ3) is 7.24. The lowest BCUT2D eigenvalue weighted by molar-refractivity contribution is -0.306. The van der Waals surface area contributed by atoms with E-state index in [1.165, 1.54) is 0 Å². The normalized spacial score (nSPS) is 38.8. The molecule has 186 valence electrons. The van der Waals surface area contributed by atoms with Crippen LogP contribution < -0.4 is 0 Å². The van der Waals surface area contributed by atoms with Gasteiger partial charge in [0.1, 0.15) is 43.7 Å². The quantitative estimate of drug-likeness (QED) is 0.116. The summed E-state index contributed by atoms with van der Waals surface area (Å²) in [5, 5.41) is 70.2. The van der Waals surface area contributed by atoms with Gasteiger partial charge >= 0.3 is 6.16 Å². The Morgan fingerprint density at radius 1 is 0.938 bits per heavy atom. The first-order valence-electron chi connectivity index (χ1n) is 9.88. The van der Waals surface area contributed by atoms with Crippen molar-refractivity contribution in [2.45, 2.75) is 61.7 Å². The first kappa shape index (κ1) is 26.7. The van der Waals surface area contributed by atoms with E-state index >= 15 is 0 Å².